The number of halogens is 1. The second-order valence-corrected chi connectivity index (χ2v) is 6.68. The van der Waals surface area contributed by atoms with E-state index >= 15 is 0 Å². The molecule has 3 heteroatoms. The average Bonchev–Trinajstić information content (AvgIpc) is 3.23. The summed E-state index contributed by atoms with van der Waals surface area (Å²) in [6, 6.07) is 8.97. The fourth-order valence-electron chi connectivity index (χ4n) is 2.84. The summed E-state index contributed by atoms with van der Waals surface area (Å²) in [7, 11) is 0. The van der Waals surface area contributed by atoms with Crippen molar-refractivity contribution in [3.63, 3.8) is 0 Å². The van der Waals surface area contributed by atoms with Crippen molar-refractivity contribution < 1.29 is 0 Å². The van der Waals surface area contributed by atoms with Crippen LogP contribution in [0.3, 0.4) is 0 Å². The van der Waals surface area contributed by atoms with Crippen molar-refractivity contribution in [2.75, 3.05) is 6.54 Å². The van der Waals surface area contributed by atoms with Gasteiger partial charge in [0.1, 0.15) is 0 Å². The average molecular weight is 295 g/mol. The van der Waals surface area contributed by atoms with E-state index in [4.69, 9.17) is 17.3 Å². The lowest BCUT2D eigenvalue weighted by molar-refractivity contribution is 0.123. The molecule has 1 fully saturated rings. The van der Waals surface area contributed by atoms with Crippen LogP contribution in [0.2, 0.25) is 5.02 Å². The van der Waals surface area contributed by atoms with Crippen molar-refractivity contribution >= 4 is 11.6 Å². The van der Waals surface area contributed by atoms with Crippen LogP contribution in [0.5, 0.6) is 0 Å². The van der Waals surface area contributed by atoms with Crippen molar-refractivity contribution in [2.45, 2.75) is 58.2 Å². The lowest BCUT2D eigenvalue weighted by Gasteiger charge is -2.39. The highest BCUT2D eigenvalue weighted by atomic mass is 35.5. The Labute approximate surface area is 128 Å². The van der Waals surface area contributed by atoms with Gasteiger partial charge in [0.25, 0.3) is 0 Å². The lowest BCUT2D eigenvalue weighted by atomic mass is 9.94. The molecular formula is C17H27ClN2. The van der Waals surface area contributed by atoms with Crippen LogP contribution < -0.4 is 5.73 Å². The second kappa shape index (κ2) is 6.93. The lowest BCUT2D eigenvalue weighted by Crippen LogP contribution is -2.45. The summed E-state index contributed by atoms with van der Waals surface area (Å²) in [5, 5.41) is 0.836. The quantitative estimate of drug-likeness (QED) is 0.815. The third kappa shape index (κ3) is 3.75. The van der Waals surface area contributed by atoms with Crippen LogP contribution in [0, 0.1) is 5.92 Å². The van der Waals surface area contributed by atoms with Crippen LogP contribution in [0.25, 0.3) is 0 Å². The first kappa shape index (κ1) is 15.8. The Bertz CT molecular complexity index is 429. The zero-order chi connectivity index (χ0) is 14.7. The Balaban J connectivity index is 2.31. The van der Waals surface area contributed by atoms with Crippen molar-refractivity contribution in [3.8, 4) is 0 Å². The zero-order valence-corrected chi connectivity index (χ0v) is 13.6. The fraction of sp³-hybridized carbons (Fsp3) is 0.647. The summed E-state index contributed by atoms with van der Waals surface area (Å²) in [6.07, 6.45) is 3.68. The molecule has 2 rings (SSSR count). The molecular weight excluding hydrogens is 268 g/mol. The third-order valence-electron chi connectivity index (χ3n) is 4.29. The van der Waals surface area contributed by atoms with Gasteiger partial charge in [-0.3, -0.25) is 4.90 Å². The molecule has 112 valence electrons. The Hall–Kier alpha value is -0.570. The molecule has 0 amide bonds. The van der Waals surface area contributed by atoms with Crippen molar-refractivity contribution in [3.05, 3.63) is 34.9 Å². The first-order valence-electron chi connectivity index (χ1n) is 7.80. The van der Waals surface area contributed by atoms with E-state index in [9.17, 15) is 0 Å². The highest BCUT2D eigenvalue weighted by Crippen LogP contribution is 2.37. The van der Waals surface area contributed by atoms with Gasteiger partial charge in [-0.15, -0.1) is 0 Å². The molecule has 0 spiro atoms. The summed E-state index contributed by atoms with van der Waals surface area (Å²) >= 11 is 6.44. The monoisotopic (exact) mass is 294 g/mol. The van der Waals surface area contributed by atoms with Crippen molar-refractivity contribution in [1.29, 1.82) is 0 Å². The molecule has 2 unspecified atom stereocenters. The predicted octanol–water partition coefficient (Wildman–Crippen LogP) is 4.24. The van der Waals surface area contributed by atoms with Gasteiger partial charge in [0.2, 0.25) is 0 Å². The van der Waals surface area contributed by atoms with E-state index in [1.807, 2.05) is 12.1 Å². The first-order valence-corrected chi connectivity index (χ1v) is 8.18. The number of nitrogens with zero attached hydrogens (tertiary/aromatic N) is 1. The number of hydrogen-bond donors (Lipinski definition) is 1. The minimum Gasteiger partial charge on any atom is -0.326 e. The maximum atomic E-state index is 6.45. The SMILES string of the molecule is CCC(N)C(c1ccccc1Cl)N(CC1CC1)C(C)C. The van der Waals surface area contributed by atoms with Crippen LogP contribution >= 0.6 is 11.6 Å². The van der Waals surface area contributed by atoms with Gasteiger partial charge in [-0.25, -0.2) is 0 Å². The third-order valence-corrected chi connectivity index (χ3v) is 4.63. The largest absolute Gasteiger partial charge is 0.326 e. The van der Waals surface area contributed by atoms with Gasteiger partial charge in [-0.2, -0.15) is 0 Å². The van der Waals surface area contributed by atoms with Crippen LogP contribution in [0.1, 0.15) is 51.6 Å². The normalized spacial score (nSPS) is 18.6. The van der Waals surface area contributed by atoms with Crippen molar-refractivity contribution in [1.82, 2.24) is 4.90 Å². The molecule has 0 aliphatic heterocycles. The van der Waals surface area contributed by atoms with E-state index in [-0.39, 0.29) is 12.1 Å². The zero-order valence-electron chi connectivity index (χ0n) is 12.8. The summed E-state index contributed by atoms with van der Waals surface area (Å²) in [4.78, 5) is 2.55. The minimum absolute atomic E-state index is 0.121. The van der Waals surface area contributed by atoms with Gasteiger partial charge in [0.05, 0.1) is 6.04 Å². The molecule has 0 heterocycles. The Morgan fingerprint density at radius 1 is 1.30 bits per heavy atom. The van der Waals surface area contributed by atoms with Crippen LogP contribution in [0.15, 0.2) is 24.3 Å². The molecule has 2 atom stereocenters. The number of rotatable bonds is 7. The van der Waals surface area contributed by atoms with E-state index in [1.165, 1.54) is 18.4 Å². The first-order chi connectivity index (χ1) is 9.54. The Morgan fingerprint density at radius 3 is 2.45 bits per heavy atom. The van der Waals surface area contributed by atoms with Gasteiger partial charge in [0.15, 0.2) is 0 Å². The Kier molecular flexibility index (Phi) is 5.48. The van der Waals surface area contributed by atoms with E-state index in [2.05, 4.69) is 37.8 Å². The van der Waals surface area contributed by atoms with E-state index in [0.29, 0.717) is 6.04 Å². The van der Waals surface area contributed by atoms with E-state index in [1.54, 1.807) is 0 Å². The van der Waals surface area contributed by atoms with Gasteiger partial charge >= 0.3 is 0 Å². The smallest absolute Gasteiger partial charge is 0.0516 e. The molecule has 0 bridgehead atoms. The highest BCUT2D eigenvalue weighted by molar-refractivity contribution is 6.31. The maximum Gasteiger partial charge on any atom is 0.0516 e. The molecule has 1 aromatic carbocycles. The van der Waals surface area contributed by atoms with Crippen LogP contribution in [-0.4, -0.2) is 23.5 Å². The summed E-state index contributed by atoms with van der Waals surface area (Å²) in [6.45, 7) is 7.81. The minimum atomic E-state index is 0.121. The van der Waals surface area contributed by atoms with Crippen molar-refractivity contribution in [2.24, 2.45) is 11.7 Å². The summed E-state index contributed by atoms with van der Waals surface area (Å²) in [5.74, 6) is 0.853. The van der Waals surface area contributed by atoms with Gasteiger partial charge in [-0.1, -0.05) is 36.7 Å². The molecule has 1 aliphatic carbocycles. The van der Waals surface area contributed by atoms with E-state index in [0.717, 1.165) is 23.9 Å². The molecule has 1 saturated carbocycles. The number of nitrogens with two attached hydrogens (primary N) is 1. The van der Waals surface area contributed by atoms with E-state index < -0.39 is 0 Å². The predicted molar refractivity (Wildman–Crippen MR) is 87.0 cm³/mol. The number of hydrogen-bond acceptors (Lipinski definition) is 2. The molecule has 1 aliphatic rings. The standard InChI is InChI=1S/C17H27ClN2/c1-4-16(19)17(14-7-5-6-8-15(14)18)20(12(2)3)11-13-9-10-13/h5-8,12-13,16-17H,4,9-11,19H2,1-3H3. The molecule has 0 saturated heterocycles. The number of benzene rings is 1. The van der Waals surface area contributed by atoms with Crippen LogP contribution in [0.4, 0.5) is 0 Å². The van der Waals surface area contributed by atoms with Gasteiger partial charge < -0.3 is 5.73 Å². The fourth-order valence-corrected chi connectivity index (χ4v) is 3.09. The molecule has 2 N–H and O–H groups in total. The second-order valence-electron chi connectivity index (χ2n) is 6.27. The molecule has 2 nitrogen and oxygen atoms in total. The van der Waals surface area contributed by atoms with Gasteiger partial charge in [0, 0.05) is 23.7 Å². The molecule has 0 radical (unpaired) electrons. The molecule has 20 heavy (non-hydrogen) atoms. The maximum absolute atomic E-state index is 6.45. The molecule has 0 aromatic heterocycles. The summed E-state index contributed by atoms with van der Waals surface area (Å²) < 4.78 is 0. The summed E-state index contributed by atoms with van der Waals surface area (Å²) in [5.41, 5.74) is 7.63. The topological polar surface area (TPSA) is 29.3 Å². The van der Waals surface area contributed by atoms with Gasteiger partial charge in [-0.05, 0) is 50.7 Å². The molecule has 1 aromatic rings. The Morgan fingerprint density at radius 2 is 1.95 bits per heavy atom. The van der Waals surface area contributed by atoms with Crippen LogP contribution in [-0.2, 0) is 0 Å². The highest BCUT2D eigenvalue weighted by Gasteiger charge is 2.33.